The quantitative estimate of drug-likeness (QED) is 0.584. The fourth-order valence-electron chi connectivity index (χ4n) is 4.62. The van der Waals surface area contributed by atoms with E-state index in [0.29, 0.717) is 48.7 Å². The number of hydrogen-bond acceptors (Lipinski definition) is 7. The highest BCUT2D eigenvalue weighted by atomic mass is 32.2. The lowest BCUT2D eigenvalue weighted by molar-refractivity contribution is -0.120. The number of benzene rings is 2. The number of carbonyl (C=O) groups excluding carboxylic acids is 2. The van der Waals surface area contributed by atoms with Crippen molar-refractivity contribution in [2.45, 2.75) is 17.7 Å². The van der Waals surface area contributed by atoms with Crippen LogP contribution in [0.1, 0.15) is 23.2 Å². The molecule has 37 heavy (non-hydrogen) atoms. The van der Waals surface area contributed by atoms with Crippen LogP contribution in [0, 0.1) is 5.92 Å². The topological polar surface area (TPSA) is 108 Å². The van der Waals surface area contributed by atoms with Gasteiger partial charge in [-0.15, -0.1) is 0 Å². The predicted molar refractivity (Wildman–Crippen MR) is 140 cm³/mol. The van der Waals surface area contributed by atoms with E-state index in [-0.39, 0.29) is 35.7 Å². The van der Waals surface area contributed by atoms with Crippen molar-refractivity contribution in [2.75, 3.05) is 65.9 Å². The Hall–Kier alpha value is -3.15. The van der Waals surface area contributed by atoms with Crippen LogP contribution in [0.5, 0.6) is 11.5 Å². The molecule has 2 aromatic rings. The second-order valence-corrected chi connectivity index (χ2v) is 11.3. The van der Waals surface area contributed by atoms with Gasteiger partial charge in [0.1, 0.15) is 0 Å². The SMILES string of the molecule is COc1ccc(S(=O)(=O)N2CCC(C(=O)Nc3ccc(C(=O)N4CCN(C)CC4)cc3)CC2)cc1OC. The van der Waals surface area contributed by atoms with Crippen molar-refractivity contribution >= 4 is 27.5 Å². The molecule has 2 amide bonds. The van der Waals surface area contributed by atoms with E-state index in [9.17, 15) is 18.0 Å². The number of likely N-dealkylation sites (N-methyl/N-ethyl adjacent to an activating group) is 1. The molecule has 0 radical (unpaired) electrons. The molecule has 1 N–H and O–H groups in total. The zero-order valence-corrected chi connectivity index (χ0v) is 22.3. The van der Waals surface area contributed by atoms with E-state index in [1.807, 2.05) is 11.9 Å². The number of piperidine rings is 1. The van der Waals surface area contributed by atoms with Crippen molar-refractivity contribution in [2.24, 2.45) is 5.92 Å². The minimum absolute atomic E-state index is 0.00552. The fourth-order valence-corrected chi connectivity index (χ4v) is 6.10. The van der Waals surface area contributed by atoms with Crippen molar-refractivity contribution in [1.29, 1.82) is 0 Å². The van der Waals surface area contributed by atoms with Gasteiger partial charge in [0.15, 0.2) is 11.5 Å². The van der Waals surface area contributed by atoms with Crippen molar-refractivity contribution < 1.29 is 27.5 Å². The van der Waals surface area contributed by atoms with E-state index in [2.05, 4.69) is 10.2 Å². The average molecular weight is 531 g/mol. The third-order valence-corrected chi connectivity index (χ3v) is 8.90. The largest absolute Gasteiger partial charge is 0.493 e. The monoisotopic (exact) mass is 530 g/mol. The highest BCUT2D eigenvalue weighted by Gasteiger charge is 2.32. The minimum Gasteiger partial charge on any atom is -0.493 e. The van der Waals surface area contributed by atoms with Crippen LogP contribution in [0.4, 0.5) is 5.69 Å². The van der Waals surface area contributed by atoms with Gasteiger partial charge in [-0.1, -0.05) is 0 Å². The van der Waals surface area contributed by atoms with E-state index in [1.54, 1.807) is 30.3 Å². The molecule has 10 nitrogen and oxygen atoms in total. The first-order valence-corrected chi connectivity index (χ1v) is 13.8. The summed E-state index contributed by atoms with van der Waals surface area (Å²) in [4.78, 5) is 29.7. The van der Waals surface area contributed by atoms with Gasteiger partial charge in [0.05, 0.1) is 19.1 Å². The van der Waals surface area contributed by atoms with E-state index in [0.717, 1.165) is 13.1 Å². The number of anilines is 1. The van der Waals surface area contributed by atoms with Crippen LogP contribution in [0.2, 0.25) is 0 Å². The van der Waals surface area contributed by atoms with E-state index in [4.69, 9.17) is 9.47 Å². The zero-order valence-electron chi connectivity index (χ0n) is 21.5. The Morgan fingerprint density at radius 1 is 0.865 bits per heavy atom. The number of methoxy groups -OCH3 is 2. The van der Waals surface area contributed by atoms with Crippen LogP contribution in [-0.2, 0) is 14.8 Å². The molecule has 0 unspecified atom stereocenters. The van der Waals surface area contributed by atoms with Crippen molar-refractivity contribution in [3.8, 4) is 11.5 Å². The first kappa shape index (κ1) is 26.9. The summed E-state index contributed by atoms with van der Waals surface area (Å²) in [5.74, 6) is 0.335. The summed E-state index contributed by atoms with van der Waals surface area (Å²) in [5, 5.41) is 2.91. The maximum Gasteiger partial charge on any atom is 0.253 e. The van der Waals surface area contributed by atoms with Crippen molar-refractivity contribution in [1.82, 2.24) is 14.1 Å². The summed E-state index contributed by atoms with van der Waals surface area (Å²) in [7, 11) is 1.26. The van der Waals surface area contributed by atoms with Crippen LogP contribution >= 0.6 is 0 Å². The van der Waals surface area contributed by atoms with Gasteiger partial charge in [-0.05, 0) is 56.3 Å². The van der Waals surface area contributed by atoms with Crippen molar-refractivity contribution in [3.05, 3.63) is 48.0 Å². The third-order valence-electron chi connectivity index (χ3n) is 7.01. The van der Waals surface area contributed by atoms with Gasteiger partial charge in [0.2, 0.25) is 15.9 Å². The average Bonchev–Trinajstić information content (AvgIpc) is 2.93. The molecule has 0 spiro atoms. The van der Waals surface area contributed by atoms with Crippen LogP contribution in [-0.4, -0.2) is 94.9 Å². The van der Waals surface area contributed by atoms with Gasteiger partial charge in [-0.3, -0.25) is 9.59 Å². The highest BCUT2D eigenvalue weighted by Crippen LogP contribution is 2.32. The minimum atomic E-state index is -3.73. The molecule has 200 valence electrons. The molecule has 2 fully saturated rings. The summed E-state index contributed by atoms with van der Waals surface area (Å²) in [6.07, 6.45) is 0.830. The molecule has 11 heteroatoms. The van der Waals surface area contributed by atoms with Gasteiger partial charge >= 0.3 is 0 Å². The number of nitrogens with one attached hydrogen (secondary N) is 1. The molecule has 2 saturated heterocycles. The molecule has 0 atom stereocenters. The standard InChI is InChI=1S/C26H34N4O6S/c1-28-14-16-29(17-15-28)26(32)20-4-6-21(7-5-20)27-25(31)19-10-12-30(13-11-19)37(33,34)22-8-9-23(35-2)24(18-22)36-3/h4-9,18-19H,10-17H2,1-3H3,(H,27,31). The van der Waals surface area contributed by atoms with Crippen LogP contribution in [0.3, 0.4) is 0 Å². The highest BCUT2D eigenvalue weighted by molar-refractivity contribution is 7.89. The van der Waals surface area contributed by atoms with Crippen molar-refractivity contribution in [3.63, 3.8) is 0 Å². The third kappa shape index (κ3) is 6.06. The molecule has 0 saturated carbocycles. The molecular weight excluding hydrogens is 496 g/mol. The number of rotatable bonds is 7. The summed E-state index contributed by atoms with van der Waals surface area (Å²) in [6, 6.07) is 11.4. The van der Waals surface area contributed by atoms with E-state index in [1.165, 1.54) is 30.7 Å². The molecule has 0 bridgehead atoms. The number of amides is 2. The Morgan fingerprint density at radius 3 is 2.08 bits per heavy atom. The lowest BCUT2D eigenvalue weighted by atomic mass is 9.97. The number of piperazine rings is 1. The number of ether oxygens (including phenoxy) is 2. The molecular formula is C26H34N4O6S. The molecule has 0 aliphatic carbocycles. The molecule has 0 aromatic heterocycles. The fraction of sp³-hybridized carbons (Fsp3) is 0.462. The summed E-state index contributed by atoms with van der Waals surface area (Å²) in [5.41, 5.74) is 1.21. The van der Waals surface area contributed by atoms with Gasteiger partial charge in [-0.2, -0.15) is 4.31 Å². The second-order valence-electron chi connectivity index (χ2n) is 9.36. The molecule has 2 aliphatic heterocycles. The number of hydrogen-bond donors (Lipinski definition) is 1. The summed E-state index contributed by atoms with van der Waals surface area (Å²) < 4.78 is 38.1. The molecule has 2 heterocycles. The van der Waals surface area contributed by atoms with Gasteiger partial charge in [0, 0.05) is 62.5 Å². The van der Waals surface area contributed by atoms with Gasteiger partial charge < -0.3 is 24.6 Å². The Labute approximate surface area is 218 Å². The lowest BCUT2D eigenvalue weighted by Crippen LogP contribution is -2.47. The van der Waals surface area contributed by atoms with Crippen LogP contribution < -0.4 is 14.8 Å². The number of sulfonamides is 1. The molecule has 2 aliphatic rings. The second kappa shape index (κ2) is 11.5. The first-order valence-electron chi connectivity index (χ1n) is 12.3. The van der Waals surface area contributed by atoms with Gasteiger partial charge in [-0.25, -0.2) is 8.42 Å². The smallest absolute Gasteiger partial charge is 0.253 e. The Kier molecular flexibility index (Phi) is 8.35. The van der Waals surface area contributed by atoms with E-state index >= 15 is 0 Å². The van der Waals surface area contributed by atoms with Crippen LogP contribution in [0.25, 0.3) is 0 Å². The Morgan fingerprint density at radius 2 is 1.49 bits per heavy atom. The molecule has 2 aromatic carbocycles. The van der Waals surface area contributed by atoms with Gasteiger partial charge in [0.25, 0.3) is 5.91 Å². The predicted octanol–water partition coefficient (Wildman–Crippen LogP) is 2.13. The Balaban J connectivity index is 1.32. The number of nitrogens with zero attached hydrogens (tertiary/aromatic N) is 3. The number of carbonyl (C=O) groups is 2. The maximum atomic E-state index is 13.1. The maximum absolute atomic E-state index is 13.1. The van der Waals surface area contributed by atoms with Crippen LogP contribution in [0.15, 0.2) is 47.4 Å². The van der Waals surface area contributed by atoms with E-state index < -0.39 is 10.0 Å². The lowest BCUT2D eigenvalue weighted by Gasteiger charge is -2.32. The Bertz CT molecular complexity index is 1220. The first-order chi connectivity index (χ1) is 17.7. The normalized spacial score (nSPS) is 17.9. The summed E-state index contributed by atoms with van der Waals surface area (Å²) in [6.45, 7) is 3.60. The zero-order chi connectivity index (χ0) is 26.6. The molecule has 4 rings (SSSR count). The summed E-state index contributed by atoms with van der Waals surface area (Å²) >= 11 is 0.